The smallest absolute Gasteiger partial charge is 0.328 e. The number of nitrogens with one attached hydrogen (secondary N) is 2. The molecule has 2 aromatic rings. The Morgan fingerprint density at radius 2 is 2.26 bits per heavy atom. The molecule has 1 aliphatic heterocycles. The predicted molar refractivity (Wildman–Crippen MR) is 86.3 cm³/mol. The number of benzene rings is 1. The highest BCUT2D eigenvalue weighted by molar-refractivity contribution is 5.64. The minimum Gasteiger partial charge on any atom is -0.380 e. The molecular weight excluding hydrogens is 294 g/mol. The second-order valence-corrected chi connectivity index (χ2v) is 5.34. The van der Waals surface area contributed by atoms with Gasteiger partial charge in [-0.05, 0) is 30.5 Å². The first-order valence-electron chi connectivity index (χ1n) is 7.31. The highest BCUT2D eigenvalue weighted by atomic mass is 16.6. The van der Waals surface area contributed by atoms with Crippen LogP contribution in [0.2, 0.25) is 0 Å². The van der Waals surface area contributed by atoms with E-state index in [0.717, 1.165) is 18.5 Å². The Bertz CT molecular complexity index is 784. The van der Waals surface area contributed by atoms with Crippen LogP contribution >= 0.6 is 0 Å². The third-order valence-electron chi connectivity index (χ3n) is 3.88. The Balaban J connectivity index is 1.73. The zero-order valence-corrected chi connectivity index (χ0v) is 12.3. The molecule has 0 radical (unpaired) electrons. The van der Waals surface area contributed by atoms with Gasteiger partial charge in [0, 0.05) is 24.5 Å². The lowest BCUT2D eigenvalue weighted by atomic mass is 9.98. The fraction of sp³-hybridized carbons (Fsp3) is 0.250. The molecule has 1 aliphatic rings. The Kier molecular flexibility index (Phi) is 4.06. The molecule has 2 heterocycles. The van der Waals surface area contributed by atoms with Crippen LogP contribution in [-0.2, 0) is 6.42 Å². The van der Waals surface area contributed by atoms with Gasteiger partial charge in [0.15, 0.2) is 0 Å². The lowest BCUT2D eigenvalue weighted by Crippen LogP contribution is -2.32. The maximum atomic E-state index is 11.2. The molecule has 1 atom stereocenters. The number of hydrogen-bond acceptors (Lipinski definition) is 6. The number of nitro groups is 1. The van der Waals surface area contributed by atoms with Gasteiger partial charge < -0.3 is 10.6 Å². The lowest BCUT2D eigenvalue weighted by molar-refractivity contribution is -0.384. The Hall–Kier alpha value is -3.14. The maximum absolute atomic E-state index is 11.2. The molecule has 0 spiro atoms. The zero-order valence-electron chi connectivity index (χ0n) is 12.3. The first kappa shape index (κ1) is 14.8. The van der Waals surface area contributed by atoms with Crippen LogP contribution in [0.3, 0.4) is 0 Å². The number of nitrogens with zero attached hydrogens (tertiary/aromatic N) is 3. The minimum absolute atomic E-state index is 0.00875. The number of aryl methyl sites for hydroxylation is 1. The average Bonchev–Trinajstić information content (AvgIpc) is 2.59. The van der Waals surface area contributed by atoms with Crippen LogP contribution in [0.25, 0.3) is 0 Å². The van der Waals surface area contributed by atoms with Gasteiger partial charge >= 0.3 is 5.69 Å². The summed E-state index contributed by atoms with van der Waals surface area (Å²) in [6.45, 7) is 0.497. The summed E-state index contributed by atoms with van der Waals surface area (Å²) >= 11 is 0. The van der Waals surface area contributed by atoms with Gasteiger partial charge in [-0.2, -0.15) is 5.26 Å². The molecule has 0 saturated carbocycles. The van der Waals surface area contributed by atoms with Gasteiger partial charge in [-0.3, -0.25) is 10.1 Å². The minimum atomic E-state index is -0.572. The molecule has 2 N–H and O–H groups in total. The van der Waals surface area contributed by atoms with Crippen LogP contribution in [0, 0.1) is 21.4 Å². The number of nitriles is 1. The van der Waals surface area contributed by atoms with Crippen LogP contribution in [0.15, 0.2) is 36.5 Å². The molecule has 1 aromatic carbocycles. The summed E-state index contributed by atoms with van der Waals surface area (Å²) in [5, 5.41) is 26.6. The number of fused-ring (bicyclic) bond motifs is 1. The number of pyridine rings is 1. The van der Waals surface area contributed by atoms with Gasteiger partial charge in [-0.25, -0.2) is 4.98 Å². The summed E-state index contributed by atoms with van der Waals surface area (Å²) in [6.07, 6.45) is 3.29. The van der Waals surface area contributed by atoms with Crippen LogP contribution in [0.1, 0.15) is 17.5 Å². The molecule has 0 saturated heterocycles. The molecule has 1 aromatic heterocycles. The normalized spacial score (nSPS) is 15.9. The fourth-order valence-corrected chi connectivity index (χ4v) is 2.73. The highest BCUT2D eigenvalue weighted by Crippen LogP contribution is 2.27. The van der Waals surface area contributed by atoms with Crippen molar-refractivity contribution in [2.75, 3.05) is 17.2 Å². The third-order valence-corrected chi connectivity index (χ3v) is 3.88. The Morgan fingerprint density at radius 1 is 1.43 bits per heavy atom. The van der Waals surface area contributed by atoms with Crippen LogP contribution in [-0.4, -0.2) is 22.5 Å². The first-order chi connectivity index (χ1) is 11.2. The molecule has 0 unspecified atom stereocenters. The second-order valence-electron chi connectivity index (χ2n) is 5.34. The number of aromatic nitrogens is 1. The second kappa shape index (κ2) is 6.32. The maximum Gasteiger partial charge on any atom is 0.328 e. The van der Waals surface area contributed by atoms with Crippen molar-refractivity contribution >= 4 is 17.2 Å². The van der Waals surface area contributed by atoms with E-state index in [9.17, 15) is 10.1 Å². The Labute approximate surface area is 133 Å². The largest absolute Gasteiger partial charge is 0.380 e. The number of rotatable bonds is 4. The van der Waals surface area contributed by atoms with Crippen LogP contribution in [0.4, 0.5) is 17.2 Å². The first-order valence-corrected chi connectivity index (χ1v) is 7.31. The van der Waals surface area contributed by atoms with E-state index in [0.29, 0.717) is 6.54 Å². The summed E-state index contributed by atoms with van der Waals surface area (Å²) in [4.78, 5) is 14.6. The van der Waals surface area contributed by atoms with Crippen molar-refractivity contribution in [1.82, 2.24) is 4.98 Å². The lowest BCUT2D eigenvalue weighted by Gasteiger charge is -2.27. The van der Waals surface area contributed by atoms with Gasteiger partial charge in [-0.1, -0.05) is 18.2 Å². The summed E-state index contributed by atoms with van der Waals surface area (Å²) < 4.78 is 0. The summed E-state index contributed by atoms with van der Waals surface area (Å²) in [6, 6.07) is 11.4. The van der Waals surface area contributed by atoms with Crippen molar-refractivity contribution in [3.63, 3.8) is 0 Å². The van der Waals surface area contributed by atoms with E-state index in [4.69, 9.17) is 5.26 Å². The molecular formula is C16H15N5O2. The van der Waals surface area contributed by atoms with Gasteiger partial charge in [0.2, 0.25) is 5.82 Å². The van der Waals surface area contributed by atoms with E-state index in [1.807, 2.05) is 24.3 Å². The molecule has 7 nitrogen and oxygen atoms in total. The van der Waals surface area contributed by atoms with Crippen LogP contribution < -0.4 is 10.6 Å². The van der Waals surface area contributed by atoms with Crippen molar-refractivity contribution in [2.45, 2.75) is 18.9 Å². The van der Waals surface area contributed by atoms with E-state index >= 15 is 0 Å². The summed E-state index contributed by atoms with van der Waals surface area (Å²) in [7, 11) is 0. The van der Waals surface area contributed by atoms with Gasteiger partial charge in [0.25, 0.3) is 0 Å². The van der Waals surface area contributed by atoms with Gasteiger partial charge in [0.1, 0.15) is 11.6 Å². The molecule has 0 bridgehead atoms. The molecule has 7 heteroatoms. The quantitative estimate of drug-likeness (QED) is 0.664. The van der Waals surface area contributed by atoms with E-state index in [1.165, 1.54) is 17.8 Å². The SMILES string of the molecule is N#Cc1ccnc(NC[C@@H]2CCc3ccccc3N2)c1[N+](=O)[O-]. The zero-order chi connectivity index (χ0) is 16.2. The van der Waals surface area contributed by atoms with E-state index in [1.54, 1.807) is 0 Å². The standard InChI is InChI=1S/C16H15N5O2/c17-9-12-7-8-18-16(15(12)21(22)23)19-10-13-6-5-11-3-1-2-4-14(11)20-13/h1-4,7-8,13,20H,5-6,10H2,(H,18,19)/t13-/m0/s1. The van der Waals surface area contributed by atoms with Crippen molar-refractivity contribution in [2.24, 2.45) is 0 Å². The van der Waals surface area contributed by atoms with Crippen molar-refractivity contribution < 1.29 is 4.92 Å². The summed E-state index contributed by atoms with van der Waals surface area (Å²) in [5.74, 6) is 0.134. The number of hydrogen-bond donors (Lipinski definition) is 2. The van der Waals surface area contributed by atoms with Crippen molar-refractivity contribution in [3.05, 3.63) is 57.8 Å². The third kappa shape index (κ3) is 3.06. The van der Waals surface area contributed by atoms with E-state index in [2.05, 4.69) is 21.7 Å². The predicted octanol–water partition coefficient (Wildman–Crippen LogP) is 2.70. The molecule has 23 heavy (non-hydrogen) atoms. The Morgan fingerprint density at radius 3 is 3.04 bits per heavy atom. The van der Waals surface area contributed by atoms with Crippen LogP contribution in [0.5, 0.6) is 0 Å². The number of para-hydroxylation sites is 1. The highest BCUT2D eigenvalue weighted by Gasteiger charge is 2.23. The van der Waals surface area contributed by atoms with Gasteiger partial charge in [0.05, 0.1) is 4.92 Å². The van der Waals surface area contributed by atoms with Gasteiger partial charge in [-0.15, -0.1) is 0 Å². The molecule has 116 valence electrons. The molecule has 0 fully saturated rings. The molecule has 3 rings (SSSR count). The van der Waals surface area contributed by atoms with Crippen molar-refractivity contribution in [3.8, 4) is 6.07 Å². The fourth-order valence-electron chi connectivity index (χ4n) is 2.73. The van der Waals surface area contributed by atoms with Crippen molar-refractivity contribution in [1.29, 1.82) is 5.26 Å². The monoisotopic (exact) mass is 309 g/mol. The van der Waals surface area contributed by atoms with E-state index in [-0.39, 0.29) is 23.1 Å². The van der Waals surface area contributed by atoms with E-state index < -0.39 is 4.92 Å². The average molecular weight is 309 g/mol. The summed E-state index contributed by atoms with van der Waals surface area (Å²) in [5.41, 5.74) is 2.11. The topological polar surface area (TPSA) is 104 Å². The number of anilines is 2. The molecule has 0 aliphatic carbocycles. The molecule has 0 amide bonds.